The summed E-state index contributed by atoms with van der Waals surface area (Å²) in [7, 11) is 0. The first kappa shape index (κ1) is 23.3. The zero-order valence-corrected chi connectivity index (χ0v) is 22.6. The second kappa shape index (κ2) is 9.27. The van der Waals surface area contributed by atoms with Gasteiger partial charge in [-0.1, -0.05) is 121 Å². The number of hydrogen-bond donors (Lipinski definition) is 1. The van der Waals surface area contributed by atoms with Crippen LogP contribution in [0.5, 0.6) is 0 Å². The molecule has 1 unspecified atom stereocenters. The lowest BCUT2D eigenvalue weighted by molar-refractivity contribution is 0.870. The molecule has 3 heteroatoms. The summed E-state index contributed by atoms with van der Waals surface area (Å²) in [6.07, 6.45) is 0. The van der Waals surface area contributed by atoms with Crippen LogP contribution >= 0.6 is 11.8 Å². The van der Waals surface area contributed by atoms with Gasteiger partial charge in [-0.2, -0.15) is 0 Å². The van der Waals surface area contributed by atoms with Crippen LogP contribution in [0.25, 0.3) is 49.7 Å². The van der Waals surface area contributed by atoms with Crippen molar-refractivity contribution in [2.75, 3.05) is 0 Å². The lowest BCUT2D eigenvalue weighted by Crippen LogP contribution is -2.11. The predicted octanol–water partition coefficient (Wildman–Crippen LogP) is 9.63. The van der Waals surface area contributed by atoms with Crippen molar-refractivity contribution in [1.29, 1.82) is 0 Å². The Balaban J connectivity index is 1.40. The van der Waals surface area contributed by atoms with E-state index in [-0.39, 0.29) is 6.04 Å². The number of nitrogens with two attached hydrogens (primary N) is 1. The normalized spacial score (nSPS) is 12.9. The summed E-state index contributed by atoms with van der Waals surface area (Å²) >= 11 is 1.86. The Bertz CT molecular complexity index is 2040. The molecular weight excluding hydrogens is 504 g/mol. The van der Waals surface area contributed by atoms with Crippen LogP contribution < -0.4 is 5.73 Å². The van der Waals surface area contributed by atoms with E-state index in [2.05, 4.69) is 126 Å². The third-order valence-electron chi connectivity index (χ3n) is 8.06. The van der Waals surface area contributed by atoms with Gasteiger partial charge in [0.1, 0.15) is 0 Å². The van der Waals surface area contributed by atoms with Crippen LogP contribution in [0.4, 0.5) is 0 Å². The Hall–Kier alpha value is -4.57. The van der Waals surface area contributed by atoms with E-state index in [0.29, 0.717) is 0 Å². The van der Waals surface area contributed by atoms with E-state index in [0.717, 1.165) is 16.8 Å². The fourth-order valence-corrected chi connectivity index (χ4v) is 7.29. The predicted molar refractivity (Wildman–Crippen MR) is 168 cm³/mol. The average molecular weight is 531 g/mol. The SMILES string of the molecule is NC(c1ccccc1)c1ccc(-n2c3ccccc3c3ccc4c(c32)-c2ccccc2-c2ccccc2S4)cc1. The molecule has 8 rings (SSSR count). The van der Waals surface area contributed by atoms with E-state index in [1.165, 1.54) is 53.9 Å². The average Bonchev–Trinajstić information content (AvgIpc) is 3.28. The van der Waals surface area contributed by atoms with Crippen LogP contribution in [0.1, 0.15) is 17.2 Å². The van der Waals surface area contributed by atoms with E-state index < -0.39 is 0 Å². The lowest BCUT2D eigenvalue weighted by Gasteiger charge is -2.17. The minimum absolute atomic E-state index is 0.161. The second-order valence-corrected chi connectivity index (χ2v) is 11.4. The monoisotopic (exact) mass is 530 g/mol. The van der Waals surface area contributed by atoms with Gasteiger partial charge in [0.15, 0.2) is 0 Å². The van der Waals surface area contributed by atoms with E-state index in [4.69, 9.17) is 5.73 Å². The quantitative estimate of drug-likeness (QED) is 0.246. The van der Waals surface area contributed by atoms with Gasteiger partial charge in [0, 0.05) is 31.8 Å². The molecule has 40 heavy (non-hydrogen) atoms. The minimum Gasteiger partial charge on any atom is -0.320 e. The molecule has 0 bridgehead atoms. The van der Waals surface area contributed by atoms with Crippen LogP contribution in [-0.2, 0) is 0 Å². The third-order valence-corrected chi connectivity index (χ3v) is 9.20. The van der Waals surface area contributed by atoms with Crippen molar-refractivity contribution in [2.24, 2.45) is 5.73 Å². The number of para-hydroxylation sites is 1. The summed E-state index contributed by atoms with van der Waals surface area (Å²) in [5.41, 5.74) is 17.6. The molecule has 1 aliphatic rings. The van der Waals surface area contributed by atoms with E-state index in [1.807, 2.05) is 30.0 Å². The van der Waals surface area contributed by atoms with Gasteiger partial charge >= 0.3 is 0 Å². The molecule has 2 heterocycles. The van der Waals surface area contributed by atoms with E-state index in [1.54, 1.807) is 0 Å². The number of aromatic nitrogens is 1. The molecule has 0 spiro atoms. The highest BCUT2D eigenvalue weighted by Crippen LogP contribution is 2.51. The lowest BCUT2D eigenvalue weighted by atomic mass is 9.93. The summed E-state index contributed by atoms with van der Waals surface area (Å²) in [5.74, 6) is 0. The molecular formula is C37H26N2S. The summed E-state index contributed by atoms with van der Waals surface area (Å²) in [4.78, 5) is 2.56. The molecule has 1 aliphatic heterocycles. The van der Waals surface area contributed by atoms with Crippen molar-refractivity contribution in [1.82, 2.24) is 4.57 Å². The van der Waals surface area contributed by atoms with Gasteiger partial charge in [0.2, 0.25) is 0 Å². The Kier molecular flexibility index (Phi) is 5.41. The molecule has 190 valence electrons. The summed E-state index contributed by atoms with van der Waals surface area (Å²) in [5, 5.41) is 2.52. The van der Waals surface area contributed by atoms with Gasteiger partial charge in [-0.25, -0.2) is 0 Å². The molecule has 2 N–H and O–H groups in total. The highest BCUT2D eigenvalue weighted by Gasteiger charge is 2.25. The Labute approximate surface area is 237 Å². The fourth-order valence-electron chi connectivity index (χ4n) is 6.17. The summed E-state index contributed by atoms with van der Waals surface area (Å²) in [6, 6.07) is 49.9. The molecule has 2 nitrogen and oxygen atoms in total. The summed E-state index contributed by atoms with van der Waals surface area (Å²) < 4.78 is 2.44. The maximum Gasteiger partial charge on any atom is 0.0631 e. The largest absolute Gasteiger partial charge is 0.320 e. The second-order valence-electron chi connectivity index (χ2n) is 10.3. The molecule has 0 fully saturated rings. The molecule has 1 aromatic heterocycles. The van der Waals surface area contributed by atoms with Gasteiger partial charge in [-0.05, 0) is 58.1 Å². The number of nitrogens with zero attached hydrogens (tertiary/aromatic N) is 1. The molecule has 7 aromatic rings. The van der Waals surface area contributed by atoms with Crippen LogP contribution in [0.3, 0.4) is 0 Å². The standard InChI is InChI=1S/C37H26N2S/c38-36(24-10-2-1-3-11-24)25-18-20-26(21-19-25)39-32-16-8-6-13-28(32)31-22-23-34-35(37(31)39)30-15-5-4-12-27(30)29-14-7-9-17-33(29)40-34/h1-23,36H,38H2. The Morgan fingerprint density at radius 1 is 0.500 bits per heavy atom. The van der Waals surface area contributed by atoms with Gasteiger partial charge in [-0.15, -0.1) is 0 Å². The third kappa shape index (κ3) is 3.56. The van der Waals surface area contributed by atoms with E-state index >= 15 is 0 Å². The van der Waals surface area contributed by atoms with E-state index in [9.17, 15) is 0 Å². The van der Waals surface area contributed by atoms with Gasteiger partial charge in [-0.3, -0.25) is 0 Å². The molecule has 0 saturated carbocycles. The van der Waals surface area contributed by atoms with Gasteiger partial charge < -0.3 is 10.3 Å². The topological polar surface area (TPSA) is 30.9 Å². The molecule has 1 atom stereocenters. The van der Waals surface area contributed by atoms with Crippen LogP contribution in [0, 0.1) is 0 Å². The molecule has 0 radical (unpaired) electrons. The highest BCUT2D eigenvalue weighted by atomic mass is 32.2. The van der Waals surface area contributed by atoms with Crippen molar-refractivity contribution in [3.8, 4) is 27.9 Å². The number of fused-ring (bicyclic) bond motifs is 9. The van der Waals surface area contributed by atoms with Gasteiger partial charge in [0.05, 0.1) is 17.1 Å². The maximum absolute atomic E-state index is 6.66. The van der Waals surface area contributed by atoms with Crippen LogP contribution in [-0.4, -0.2) is 4.57 Å². The highest BCUT2D eigenvalue weighted by molar-refractivity contribution is 7.99. The number of hydrogen-bond acceptors (Lipinski definition) is 2. The zero-order chi connectivity index (χ0) is 26.6. The van der Waals surface area contributed by atoms with Crippen molar-refractivity contribution in [3.05, 3.63) is 151 Å². The zero-order valence-electron chi connectivity index (χ0n) is 21.8. The van der Waals surface area contributed by atoms with Crippen LogP contribution in [0.15, 0.2) is 149 Å². The van der Waals surface area contributed by atoms with Gasteiger partial charge in [0.25, 0.3) is 0 Å². The Morgan fingerprint density at radius 2 is 1.15 bits per heavy atom. The first-order valence-electron chi connectivity index (χ1n) is 13.6. The minimum atomic E-state index is -0.161. The smallest absolute Gasteiger partial charge is 0.0631 e. The Morgan fingerprint density at radius 3 is 1.98 bits per heavy atom. The summed E-state index contributed by atoms with van der Waals surface area (Å²) in [6.45, 7) is 0. The number of benzene rings is 6. The van der Waals surface area contributed by atoms with Crippen molar-refractivity contribution in [3.63, 3.8) is 0 Å². The molecule has 0 saturated heterocycles. The number of rotatable bonds is 3. The maximum atomic E-state index is 6.66. The van der Waals surface area contributed by atoms with Crippen molar-refractivity contribution in [2.45, 2.75) is 15.8 Å². The molecule has 0 aliphatic carbocycles. The molecule has 0 amide bonds. The fraction of sp³-hybridized carbons (Fsp3) is 0.0270. The van der Waals surface area contributed by atoms with Crippen molar-refractivity contribution < 1.29 is 0 Å². The molecule has 6 aromatic carbocycles. The first-order valence-corrected chi connectivity index (χ1v) is 14.4. The van der Waals surface area contributed by atoms with Crippen molar-refractivity contribution >= 4 is 33.6 Å². The first-order chi connectivity index (χ1) is 19.8. The van der Waals surface area contributed by atoms with Crippen LogP contribution in [0.2, 0.25) is 0 Å².